The molecule has 0 saturated heterocycles. The summed E-state index contributed by atoms with van der Waals surface area (Å²) >= 11 is 0. The Labute approximate surface area is 201 Å². The van der Waals surface area contributed by atoms with Gasteiger partial charge in [0.1, 0.15) is 0 Å². The Morgan fingerprint density at radius 3 is 1.73 bits per heavy atom. The quantitative estimate of drug-likeness (QED) is 0.226. The standard InChI is InChI=1S/C28H41NO3S/c1-4-7-10-11-28(30)33(31,32)27-20-16-25(17-21-27)13-12-24-14-18-26(19-15-24)29(22-8-5-2)23-9-6-3/h12-21,28,30H,4-11,22-23H2,1-3H3. The SMILES string of the molecule is CCCCCC(O)S(=O)(=O)c1ccc(C=Cc2ccc(N(CCCC)CCCC)cc2)cc1. The van der Waals surface area contributed by atoms with Crippen LogP contribution < -0.4 is 4.90 Å². The number of nitrogens with zero attached hydrogens (tertiary/aromatic N) is 1. The van der Waals surface area contributed by atoms with Gasteiger partial charge in [0.15, 0.2) is 5.44 Å². The van der Waals surface area contributed by atoms with Crippen LogP contribution in [-0.2, 0) is 9.84 Å². The van der Waals surface area contributed by atoms with Gasteiger partial charge in [-0.05, 0) is 61.1 Å². The van der Waals surface area contributed by atoms with E-state index in [4.69, 9.17) is 0 Å². The van der Waals surface area contributed by atoms with E-state index < -0.39 is 15.3 Å². The van der Waals surface area contributed by atoms with Gasteiger partial charge in [0.05, 0.1) is 4.90 Å². The van der Waals surface area contributed by atoms with Crippen LogP contribution in [0.3, 0.4) is 0 Å². The van der Waals surface area contributed by atoms with Gasteiger partial charge in [0.2, 0.25) is 9.84 Å². The predicted molar refractivity (Wildman–Crippen MR) is 141 cm³/mol. The summed E-state index contributed by atoms with van der Waals surface area (Å²) in [6.45, 7) is 8.69. The average Bonchev–Trinajstić information content (AvgIpc) is 2.83. The van der Waals surface area contributed by atoms with E-state index in [1.165, 1.54) is 31.4 Å². The fraction of sp³-hybridized carbons (Fsp3) is 0.500. The molecule has 2 aromatic carbocycles. The lowest BCUT2D eigenvalue weighted by Crippen LogP contribution is -2.25. The number of unbranched alkanes of at least 4 members (excludes halogenated alkanes) is 4. The van der Waals surface area contributed by atoms with E-state index in [9.17, 15) is 13.5 Å². The third kappa shape index (κ3) is 8.63. The van der Waals surface area contributed by atoms with Crippen LogP contribution in [0.15, 0.2) is 53.4 Å². The van der Waals surface area contributed by atoms with Crippen LogP contribution in [0, 0.1) is 0 Å². The molecule has 5 heteroatoms. The van der Waals surface area contributed by atoms with Crippen molar-refractivity contribution in [1.82, 2.24) is 0 Å². The zero-order chi connectivity index (χ0) is 24.1. The Balaban J connectivity index is 2.03. The maximum absolute atomic E-state index is 12.6. The van der Waals surface area contributed by atoms with Crippen LogP contribution in [-0.4, -0.2) is 32.0 Å². The summed E-state index contributed by atoms with van der Waals surface area (Å²) in [5, 5.41) is 10.1. The molecule has 4 nitrogen and oxygen atoms in total. The first-order valence-electron chi connectivity index (χ1n) is 12.5. The lowest BCUT2D eigenvalue weighted by Gasteiger charge is -2.24. The summed E-state index contributed by atoms with van der Waals surface area (Å²) in [5.41, 5.74) is 1.96. The van der Waals surface area contributed by atoms with Gasteiger partial charge in [-0.1, -0.05) is 82.9 Å². The minimum absolute atomic E-state index is 0.173. The maximum Gasteiger partial charge on any atom is 0.204 e. The van der Waals surface area contributed by atoms with E-state index >= 15 is 0 Å². The molecule has 0 saturated carbocycles. The molecule has 1 N–H and O–H groups in total. The van der Waals surface area contributed by atoms with Gasteiger partial charge < -0.3 is 10.0 Å². The van der Waals surface area contributed by atoms with Crippen LogP contribution in [0.4, 0.5) is 5.69 Å². The summed E-state index contributed by atoms with van der Waals surface area (Å²) in [4.78, 5) is 2.64. The molecule has 0 aliphatic heterocycles. The average molecular weight is 472 g/mol. The smallest absolute Gasteiger partial charge is 0.204 e. The summed E-state index contributed by atoms with van der Waals surface area (Å²) in [6, 6.07) is 15.4. The Kier molecular flexibility index (Phi) is 11.7. The monoisotopic (exact) mass is 471 g/mol. The second kappa shape index (κ2) is 14.2. The highest BCUT2D eigenvalue weighted by Crippen LogP contribution is 2.21. The first-order chi connectivity index (χ1) is 15.9. The molecule has 182 valence electrons. The number of benzene rings is 2. The van der Waals surface area contributed by atoms with E-state index in [1.807, 2.05) is 12.2 Å². The molecule has 1 unspecified atom stereocenters. The van der Waals surface area contributed by atoms with Crippen molar-refractivity contribution in [2.45, 2.75) is 82.5 Å². The van der Waals surface area contributed by atoms with Crippen LogP contribution in [0.2, 0.25) is 0 Å². The Hall–Kier alpha value is -2.11. The highest BCUT2D eigenvalue weighted by atomic mass is 32.2. The van der Waals surface area contributed by atoms with Crippen molar-refractivity contribution < 1.29 is 13.5 Å². The predicted octanol–water partition coefficient (Wildman–Crippen LogP) is 6.94. The summed E-state index contributed by atoms with van der Waals surface area (Å²) in [5.74, 6) is 0. The molecule has 1 atom stereocenters. The number of aliphatic hydroxyl groups is 1. The van der Waals surface area contributed by atoms with Gasteiger partial charge in [0, 0.05) is 18.8 Å². The van der Waals surface area contributed by atoms with Crippen molar-refractivity contribution in [3.63, 3.8) is 0 Å². The Morgan fingerprint density at radius 2 is 1.24 bits per heavy atom. The van der Waals surface area contributed by atoms with Crippen LogP contribution in [0.25, 0.3) is 12.2 Å². The van der Waals surface area contributed by atoms with Crippen LogP contribution in [0.5, 0.6) is 0 Å². The fourth-order valence-electron chi connectivity index (χ4n) is 3.71. The molecule has 0 heterocycles. The van der Waals surface area contributed by atoms with Crippen molar-refractivity contribution in [2.75, 3.05) is 18.0 Å². The Morgan fingerprint density at radius 1 is 0.758 bits per heavy atom. The number of aliphatic hydroxyl groups excluding tert-OH is 1. The van der Waals surface area contributed by atoms with Crippen molar-refractivity contribution in [2.24, 2.45) is 0 Å². The first kappa shape index (κ1) is 27.1. The number of hydrogen-bond acceptors (Lipinski definition) is 4. The van der Waals surface area contributed by atoms with Gasteiger partial charge in [-0.3, -0.25) is 0 Å². The molecule has 0 radical (unpaired) electrons. The van der Waals surface area contributed by atoms with Crippen molar-refractivity contribution in [3.05, 3.63) is 59.7 Å². The minimum atomic E-state index is -3.70. The van der Waals surface area contributed by atoms with E-state index in [1.54, 1.807) is 24.3 Å². The molecule has 0 spiro atoms. The zero-order valence-corrected chi connectivity index (χ0v) is 21.4. The molecule has 0 amide bonds. The molecule has 33 heavy (non-hydrogen) atoms. The normalized spacial score (nSPS) is 12.8. The van der Waals surface area contributed by atoms with Gasteiger partial charge in [0.25, 0.3) is 0 Å². The molecular formula is C28H41NO3S. The maximum atomic E-state index is 12.6. The van der Waals surface area contributed by atoms with Gasteiger partial charge >= 0.3 is 0 Å². The number of sulfone groups is 1. The van der Waals surface area contributed by atoms with E-state index in [0.29, 0.717) is 6.42 Å². The fourth-order valence-corrected chi connectivity index (χ4v) is 5.01. The van der Waals surface area contributed by atoms with E-state index in [2.05, 4.69) is 49.9 Å². The number of rotatable bonds is 15. The molecular weight excluding hydrogens is 430 g/mol. The molecule has 0 aromatic heterocycles. The molecule has 0 aliphatic rings. The van der Waals surface area contributed by atoms with Gasteiger partial charge in [-0.15, -0.1) is 0 Å². The van der Waals surface area contributed by atoms with Gasteiger partial charge in [-0.25, -0.2) is 8.42 Å². The largest absolute Gasteiger partial charge is 0.377 e. The van der Waals surface area contributed by atoms with E-state index in [0.717, 1.165) is 37.1 Å². The second-order valence-corrected chi connectivity index (χ2v) is 10.8. The van der Waals surface area contributed by atoms with Crippen LogP contribution in [0.1, 0.15) is 83.3 Å². The molecule has 0 fully saturated rings. The third-order valence-corrected chi connectivity index (χ3v) is 7.79. The summed E-state index contributed by atoms with van der Waals surface area (Å²) in [6.07, 6.45) is 11.7. The van der Waals surface area contributed by atoms with E-state index in [-0.39, 0.29) is 11.3 Å². The number of hydrogen-bond donors (Lipinski definition) is 1. The number of anilines is 1. The second-order valence-electron chi connectivity index (χ2n) is 8.68. The lowest BCUT2D eigenvalue weighted by atomic mass is 10.1. The third-order valence-electron chi connectivity index (χ3n) is 5.91. The molecule has 0 bridgehead atoms. The zero-order valence-electron chi connectivity index (χ0n) is 20.5. The van der Waals surface area contributed by atoms with Crippen molar-refractivity contribution >= 4 is 27.7 Å². The summed E-state index contributed by atoms with van der Waals surface area (Å²) < 4.78 is 25.1. The van der Waals surface area contributed by atoms with Crippen LogP contribution >= 0.6 is 0 Å². The topological polar surface area (TPSA) is 57.6 Å². The molecule has 2 aromatic rings. The van der Waals surface area contributed by atoms with Crippen molar-refractivity contribution in [3.8, 4) is 0 Å². The molecule has 0 aliphatic carbocycles. The lowest BCUT2D eigenvalue weighted by molar-refractivity contribution is 0.234. The molecule has 2 rings (SSSR count). The highest BCUT2D eigenvalue weighted by Gasteiger charge is 2.24. The first-order valence-corrected chi connectivity index (χ1v) is 14.0. The minimum Gasteiger partial charge on any atom is -0.377 e. The van der Waals surface area contributed by atoms with Crippen molar-refractivity contribution in [1.29, 1.82) is 0 Å². The summed E-state index contributed by atoms with van der Waals surface area (Å²) in [7, 11) is -3.70. The van der Waals surface area contributed by atoms with Gasteiger partial charge in [-0.2, -0.15) is 0 Å². The Bertz CT molecular complexity index is 926. The highest BCUT2D eigenvalue weighted by molar-refractivity contribution is 7.91.